The van der Waals surface area contributed by atoms with E-state index in [9.17, 15) is 12.8 Å². The zero-order valence-electron chi connectivity index (χ0n) is 6.99. The lowest BCUT2D eigenvalue weighted by Gasteiger charge is -2.01. The van der Waals surface area contributed by atoms with Crippen molar-refractivity contribution < 1.29 is 17.9 Å². The van der Waals surface area contributed by atoms with Crippen LogP contribution < -0.4 is 0 Å². The molecule has 0 saturated carbocycles. The van der Waals surface area contributed by atoms with Crippen LogP contribution in [-0.4, -0.2) is 19.8 Å². The van der Waals surface area contributed by atoms with Crippen LogP contribution in [0, 0.1) is 5.82 Å². The van der Waals surface area contributed by atoms with E-state index in [2.05, 4.69) is 0 Å². The third-order valence-corrected chi connectivity index (χ3v) is 2.29. The summed E-state index contributed by atoms with van der Waals surface area (Å²) in [5.74, 6) is -1.26. The number of phenols is 1. The van der Waals surface area contributed by atoms with Crippen molar-refractivity contribution >= 4 is 9.84 Å². The summed E-state index contributed by atoms with van der Waals surface area (Å²) in [5.41, 5.74) is 0.0697. The fourth-order valence-electron chi connectivity index (χ4n) is 0.936. The van der Waals surface area contributed by atoms with Crippen molar-refractivity contribution in [2.45, 2.75) is 5.75 Å². The molecule has 0 unspecified atom stereocenters. The fourth-order valence-corrected chi connectivity index (χ4v) is 1.73. The smallest absolute Gasteiger partial charge is 0.151 e. The highest BCUT2D eigenvalue weighted by molar-refractivity contribution is 7.89. The molecule has 0 amide bonds. The summed E-state index contributed by atoms with van der Waals surface area (Å²) in [4.78, 5) is 0. The minimum Gasteiger partial charge on any atom is -0.508 e. The van der Waals surface area contributed by atoms with Crippen LogP contribution in [0.2, 0.25) is 0 Å². The lowest BCUT2D eigenvalue weighted by atomic mass is 10.2. The van der Waals surface area contributed by atoms with Gasteiger partial charge in [0.1, 0.15) is 11.6 Å². The number of hydrogen-bond acceptors (Lipinski definition) is 3. The number of phenolic OH excluding ortho intramolecular Hbond substituents is 1. The van der Waals surface area contributed by atoms with Gasteiger partial charge in [-0.1, -0.05) is 6.07 Å². The Morgan fingerprint density at radius 1 is 1.46 bits per heavy atom. The second-order valence-electron chi connectivity index (χ2n) is 2.85. The lowest BCUT2D eigenvalue weighted by molar-refractivity contribution is 0.468. The molecular weight excluding hydrogens is 195 g/mol. The van der Waals surface area contributed by atoms with Crippen LogP contribution in [0.15, 0.2) is 18.2 Å². The molecule has 5 heteroatoms. The van der Waals surface area contributed by atoms with E-state index in [0.29, 0.717) is 0 Å². The average Bonchev–Trinajstić information content (AvgIpc) is 1.93. The van der Waals surface area contributed by atoms with Crippen LogP contribution in [0.3, 0.4) is 0 Å². The first-order valence-corrected chi connectivity index (χ1v) is 5.59. The van der Waals surface area contributed by atoms with Crippen LogP contribution in [0.25, 0.3) is 0 Å². The first-order chi connectivity index (χ1) is 5.88. The van der Waals surface area contributed by atoms with Gasteiger partial charge >= 0.3 is 0 Å². The van der Waals surface area contributed by atoms with E-state index < -0.39 is 15.7 Å². The molecule has 1 aromatic rings. The summed E-state index contributed by atoms with van der Waals surface area (Å²) in [5, 5.41) is 8.85. The van der Waals surface area contributed by atoms with E-state index in [1.54, 1.807) is 0 Å². The van der Waals surface area contributed by atoms with E-state index >= 15 is 0 Å². The summed E-state index contributed by atoms with van der Waals surface area (Å²) in [6.07, 6.45) is 1.03. The Morgan fingerprint density at radius 2 is 2.08 bits per heavy atom. The van der Waals surface area contributed by atoms with Crippen molar-refractivity contribution in [3.63, 3.8) is 0 Å². The van der Waals surface area contributed by atoms with E-state index in [4.69, 9.17) is 5.11 Å². The maximum absolute atomic E-state index is 13.0. The topological polar surface area (TPSA) is 54.4 Å². The van der Waals surface area contributed by atoms with Crippen molar-refractivity contribution in [3.8, 4) is 5.75 Å². The van der Waals surface area contributed by atoms with E-state index in [-0.39, 0.29) is 17.1 Å². The average molecular weight is 204 g/mol. The van der Waals surface area contributed by atoms with Crippen LogP contribution in [-0.2, 0) is 15.6 Å². The molecule has 0 saturated heterocycles. The zero-order chi connectivity index (χ0) is 10.1. The minimum atomic E-state index is -3.23. The van der Waals surface area contributed by atoms with Gasteiger partial charge in [-0.3, -0.25) is 0 Å². The maximum Gasteiger partial charge on any atom is 0.151 e. The predicted molar refractivity (Wildman–Crippen MR) is 46.6 cm³/mol. The second-order valence-corrected chi connectivity index (χ2v) is 4.99. The standard InChI is InChI=1S/C8H9FO3S/c1-13(11,12)5-6-2-3-7(10)4-8(6)9/h2-4,10H,5H2,1H3. The zero-order valence-corrected chi connectivity index (χ0v) is 7.81. The van der Waals surface area contributed by atoms with Gasteiger partial charge in [0.25, 0.3) is 0 Å². The van der Waals surface area contributed by atoms with Crippen molar-refractivity contribution in [2.75, 3.05) is 6.26 Å². The molecule has 0 aliphatic rings. The SMILES string of the molecule is CS(=O)(=O)Cc1ccc(O)cc1F. The quantitative estimate of drug-likeness (QED) is 0.784. The summed E-state index contributed by atoms with van der Waals surface area (Å²) >= 11 is 0. The summed E-state index contributed by atoms with van der Waals surface area (Å²) in [6, 6.07) is 3.40. The van der Waals surface area contributed by atoms with Crippen LogP contribution >= 0.6 is 0 Å². The van der Waals surface area contributed by atoms with Gasteiger partial charge in [0, 0.05) is 17.9 Å². The number of aromatic hydroxyl groups is 1. The Labute approximate surface area is 75.7 Å². The number of rotatable bonds is 2. The molecule has 13 heavy (non-hydrogen) atoms. The summed E-state index contributed by atoms with van der Waals surface area (Å²) < 4.78 is 34.6. The summed E-state index contributed by atoms with van der Waals surface area (Å²) in [6.45, 7) is 0. The van der Waals surface area contributed by atoms with Crippen molar-refractivity contribution in [1.29, 1.82) is 0 Å². The highest BCUT2D eigenvalue weighted by atomic mass is 32.2. The monoisotopic (exact) mass is 204 g/mol. The molecule has 3 nitrogen and oxygen atoms in total. The molecule has 72 valence electrons. The maximum atomic E-state index is 13.0. The highest BCUT2D eigenvalue weighted by Gasteiger charge is 2.09. The Morgan fingerprint density at radius 3 is 2.54 bits per heavy atom. The molecule has 0 spiro atoms. The molecule has 1 N–H and O–H groups in total. The molecule has 0 aliphatic carbocycles. The normalized spacial score (nSPS) is 11.5. The largest absolute Gasteiger partial charge is 0.508 e. The van der Waals surface area contributed by atoms with Gasteiger partial charge in [0.15, 0.2) is 9.84 Å². The molecule has 0 heterocycles. The Hall–Kier alpha value is -1.10. The Bertz CT molecular complexity index is 411. The molecule has 0 atom stereocenters. The molecule has 0 radical (unpaired) electrons. The highest BCUT2D eigenvalue weighted by Crippen LogP contribution is 2.16. The van der Waals surface area contributed by atoms with Crippen LogP contribution in [0.5, 0.6) is 5.75 Å². The molecule has 0 aromatic heterocycles. The Kier molecular flexibility index (Phi) is 2.56. The first kappa shape index (κ1) is 9.98. The van der Waals surface area contributed by atoms with Gasteiger partial charge in [-0.15, -0.1) is 0 Å². The second kappa shape index (κ2) is 3.33. The van der Waals surface area contributed by atoms with Gasteiger partial charge in [0.2, 0.25) is 0 Å². The third kappa shape index (κ3) is 3.02. The van der Waals surface area contributed by atoms with E-state index in [1.807, 2.05) is 0 Å². The Balaban J connectivity index is 3.04. The molecule has 0 aliphatic heterocycles. The van der Waals surface area contributed by atoms with Gasteiger partial charge in [-0.25, -0.2) is 12.8 Å². The minimum absolute atomic E-state index is 0.0697. The van der Waals surface area contributed by atoms with Gasteiger partial charge in [-0.2, -0.15) is 0 Å². The van der Waals surface area contributed by atoms with Crippen LogP contribution in [0.1, 0.15) is 5.56 Å². The molecule has 0 bridgehead atoms. The van der Waals surface area contributed by atoms with Gasteiger partial charge in [-0.05, 0) is 6.07 Å². The number of sulfone groups is 1. The first-order valence-electron chi connectivity index (χ1n) is 3.53. The molecule has 0 fully saturated rings. The van der Waals surface area contributed by atoms with Crippen molar-refractivity contribution in [2.24, 2.45) is 0 Å². The number of hydrogen-bond donors (Lipinski definition) is 1. The van der Waals surface area contributed by atoms with Crippen molar-refractivity contribution in [1.82, 2.24) is 0 Å². The molecular formula is C8H9FO3S. The number of halogens is 1. The van der Waals surface area contributed by atoms with E-state index in [1.165, 1.54) is 12.1 Å². The summed E-state index contributed by atoms with van der Waals surface area (Å²) in [7, 11) is -3.23. The van der Waals surface area contributed by atoms with E-state index in [0.717, 1.165) is 12.3 Å². The number of benzene rings is 1. The molecule has 1 aromatic carbocycles. The fraction of sp³-hybridized carbons (Fsp3) is 0.250. The lowest BCUT2D eigenvalue weighted by Crippen LogP contribution is -2.02. The van der Waals surface area contributed by atoms with Gasteiger partial charge < -0.3 is 5.11 Å². The predicted octanol–water partition coefficient (Wildman–Crippen LogP) is 1.08. The van der Waals surface area contributed by atoms with Crippen molar-refractivity contribution in [3.05, 3.63) is 29.6 Å². The van der Waals surface area contributed by atoms with Gasteiger partial charge in [0.05, 0.1) is 5.75 Å². The molecule has 1 rings (SSSR count). The van der Waals surface area contributed by atoms with Crippen LogP contribution in [0.4, 0.5) is 4.39 Å². The third-order valence-electron chi connectivity index (χ3n) is 1.45.